The number of amides is 6. The van der Waals surface area contributed by atoms with Gasteiger partial charge >= 0.3 is 6.03 Å². The third-order valence-electron chi connectivity index (χ3n) is 18.7. The van der Waals surface area contributed by atoms with Gasteiger partial charge in [0.2, 0.25) is 17.9 Å². The second-order valence-corrected chi connectivity index (χ2v) is 26.6. The monoisotopic (exact) mass is 1530 g/mol. The summed E-state index contributed by atoms with van der Waals surface area (Å²) in [4.78, 5) is 132. The maximum absolute atomic E-state index is 11.8. The molecule has 1 N–H and O–H groups in total. The number of benzene rings is 8. The van der Waals surface area contributed by atoms with E-state index in [1.807, 2.05) is 209 Å². The van der Waals surface area contributed by atoms with Crippen LogP contribution >= 0.6 is 0 Å². The Morgan fingerprint density at radius 2 is 0.954 bits per heavy atom. The van der Waals surface area contributed by atoms with Crippen molar-refractivity contribution in [3.63, 3.8) is 0 Å². The van der Waals surface area contributed by atoms with Crippen LogP contribution in [0, 0.1) is 11.3 Å². The fraction of sp³-hybridized carbons (Fsp3) is 0.262. The first-order chi connectivity index (χ1) is 51.4. The van der Waals surface area contributed by atoms with Gasteiger partial charge in [0.1, 0.15) is 5.78 Å². The molecule has 555 valence electrons. The number of nitrogens with one attached hydrogen (secondary N) is 1. The average Bonchev–Trinajstić information content (AvgIpc) is 0.801. The van der Waals surface area contributed by atoms with Crippen LogP contribution in [0.4, 0.5) is 16.2 Å². The predicted octanol–water partition coefficient (Wildman–Crippen LogP) is 10.7. The van der Waals surface area contributed by atoms with E-state index in [-0.39, 0.29) is 85.0 Å². The number of carbonyl (C=O) groups excluding carboxylic acids is 6. The maximum atomic E-state index is 11.8. The number of likely N-dealkylation sites (N-methyl/N-ethyl adjacent to an activating group) is 5. The van der Waals surface area contributed by atoms with E-state index >= 15 is 0 Å². The number of urea groups is 1. The standard InChI is InChI=1S/C11H13N2O2.C10H10NO.2C10H11NO.C10H9NO.2C9H8N2O.C9H10N2O.C6H11NO.Y/c1-12-7-10(13(2)15)8-5-3-4-6-9(8)11(12)14;1-11-7-9(12)6-8-4-2-3-5-10(8)11;1-11-7-9-5-3-2-4-8(9)6-10(11)12;2*1-11-7-6-8-4-2-3-5-9(8)10(11)12;2*1-11-6-10-8-5-3-2-4-7(8)9(11)12;1-11-6-7-4-2-3-5-8(7)10-9(11)12;1-7-5-3-2-4-6(7)8;/h3-6,10H,7H2,1-2H3;2-6H,7H2,1H3;2*2-5H,6-7H2,1H3;2-7H,1H3;2*2-6H,1H3;2-5H,6H2,1H3,(H,10,12);2-5H2,1H3;/q+1;-1;;;;;;;;. The second kappa shape index (κ2) is 39.2. The van der Waals surface area contributed by atoms with Crippen LogP contribution < -0.4 is 26.9 Å². The molecule has 17 rings (SSSR count). The van der Waals surface area contributed by atoms with Crippen molar-refractivity contribution < 1.29 is 66.2 Å². The van der Waals surface area contributed by atoms with E-state index in [0.717, 1.165) is 93.5 Å². The van der Waals surface area contributed by atoms with Crippen LogP contribution in [-0.2, 0) is 94.2 Å². The Hall–Kier alpha value is -11.6. The molecule has 1 unspecified atom stereocenters. The Balaban J connectivity index is 0.000000153. The van der Waals surface area contributed by atoms with E-state index in [2.05, 4.69) is 21.4 Å². The second-order valence-electron chi connectivity index (χ2n) is 26.6. The quantitative estimate of drug-likeness (QED) is 0.119. The maximum Gasteiger partial charge on any atom is 0.321 e. The summed E-state index contributed by atoms with van der Waals surface area (Å²) < 4.78 is 5.44. The topological polar surface area (TPSA) is 246 Å². The summed E-state index contributed by atoms with van der Waals surface area (Å²) in [6.45, 7) is 4.21. The van der Waals surface area contributed by atoms with Crippen LogP contribution in [0.25, 0.3) is 32.6 Å². The van der Waals surface area contributed by atoms with Gasteiger partial charge in [-0.3, -0.25) is 33.6 Å². The number of hydrogen-bond donors (Lipinski definition) is 1. The smallest absolute Gasteiger partial charge is 0.321 e. The number of piperidine rings is 1. The van der Waals surface area contributed by atoms with Gasteiger partial charge in [0.25, 0.3) is 28.5 Å². The van der Waals surface area contributed by atoms with Crippen molar-refractivity contribution in [2.24, 2.45) is 21.1 Å². The number of nitroso groups, excluding NO2 is 1. The van der Waals surface area contributed by atoms with E-state index in [0.29, 0.717) is 48.3 Å². The molecule has 1 radical (unpaired) electrons. The molecule has 6 amide bonds. The van der Waals surface area contributed by atoms with Crippen molar-refractivity contribution >= 4 is 79.4 Å². The molecular weight excluding hydrogens is 1440 g/mol. The van der Waals surface area contributed by atoms with Gasteiger partial charge < -0.3 is 53.2 Å². The minimum atomic E-state index is -0.246. The Labute approximate surface area is 653 Å². The SMILES string of the molecule is CN1CC(=O)[CH-]c2ccccc21.CN1CC([N+](C)=O)c2ccccc2C1=O.CN1CCCCC1=O.CN1CCc2ccccc2C1=O.CN1Cc2ccccc2CC1=O.CN1Cc2ccccc2NC1=O.Cn1ccc2ccccc2c1=O.Cn1cnc2ccccc2c1=O.Cn1cnc2ccccc2c1=O.[Y]. The Bertz CT molecular complexity index is 4950. The number of pyridine rings is 1. The molecule has 108 heavy (non-hydrogen) atoms. The fourth-order valence-electron chi connectivity index (χ4n) is 12.4. The summed E-state index contributed by atoms with van der Waals surface area (Å²) in [5.74, 6) is 0.835. The Morgan fingerprint density at radius 3 is 1.58 bits per heavy atom. The molecule has 0 saturated carbocycles. The molecule has 23 nitrogen and oxygen atoms in total. The minimum absolute atomic E-state index is 0. The van der Waals surface area contributed by atoms with Gasteiger partial charge in [0, 0.05) is 165 Å². The molecule has 1 saturated heterocycles. The number of ketones is 1. The Morgan fingerprint density at radius 1 is 0.435 bits per heavy atom. The van der Waals surface area contributed by atoms with Crippen molar-refractivity contribution in [3.05, 3.63) is 306 Å². The molecule has 3 aromatic heterocycles. The van der Waals surface area contributed by atoms with Gasteiger partial charge in [-0.1, -0.05) is 139 Å². The molecule has 9 heterocycles. The number of rotatable bonds is 1. The molecule has 0 bridgehead atoms. The minimum Gasteiger partial charge on any atom is -0.420 e. The van der Waals surface area contributed by atoms with E-state index in [4.69, 9.17) is 0 Å². The van der Waals surface area contributed by atoms with E-state index in [1.165, 1.54) is 57.5 Å². The van der Waals surface area contributed by atoms with Crippen LogP contribution in [0.5, 0.6) is 0 Å². The van der Waals surface area contributed by atoms with Crippen molar-refractivity contribution in [2.45, 2.75) is 51.2 Å². The van der Waals surface area contributed by atoms with Crippen molar-refractivity contribution in [1.29, 1.82) is 0 Å². The van der Waals surface area contributed by atoms with E-state index in [1.54, 1.807) is 95.1 Å². The summed E-state index contributed by atoms with van der Waals surface area (Å²) in [6.07, 6.45) is 11.1. The number of anilines is 2. The van der Waals surface area contributed by atoms with Gasteiger partial charge in [-0.15, -0.1) is 12.5 Å². The number of para-hydroxylation sites is 4. The normalized spacial score (nSPS) is 14.9. The number of carbonyl (C=O) groups is 6. The van der Waals surface area contributed by atoms with Crippen LogP contribution in [-0.4, -0.2) is 164 Å². The molecular formula is C84H91N13O10Y. The molecule has 1 fully saturated rings. The average molecular weight is 1530 g/mol. The molecule has 8 aromatic carbocycles. The van der Waals surface area contributed by atoms with Gasteiger partial charge in [-0.25, -0.2) is 14.8 Å². The summed E-state index contributed by atoms with van der Waals surface area (Å²) >= 11 is 0. The number of Topliss-reactive ketones (excluding diaryl/α,β-unsaturated/α-hetero) is 1. The molecule has 1 atom stereocenters. The zero-order valence-electron chi connectivity index (χ0n) is 62.7. The molecule has 0 aliphatic carbocycles. The Kier molecular flexibility index (Phi) is 29.8. The third-order valence-corrected chi connectivity index (χ3v) is 18.7. The molecule has 11 aromatic rings. The van der Waals surface area contributed by atoms with E-state index < -0.39 is 0 Å². The van der Waals surface area contributed by atoms with Crippen LogP contribution in [0.3, 0.4) is 0 Å². The van der Waals surface area contributed by atoms with Crippen LogP contribution in [0.1, 0.15) is 79.4 Å². The van der Waals surface area contributed by atoms with E-state index in [9.17, 15) is 48.1 Å². The van der Waals surface area contributed by atoms with Gasteiger partial charge in [-0.2, -0.15) is 11.6 Å². The number of fused-ring (bicyclic) bond motifs is 8. The summed E-state index contributed by atoms with van der Waals surface area (Å²) in [5.41, 5.74) is 11.8. The van der Waals surface area contributed by atoms with Gasteiger partial charge in [-0.05, 0) is 109 Å². The van der Waals surface area contributed by atoms with Crippen LogP contribution in [0.15, 0.2) is 233 Å². The fourth-order valence-corrected chi connectivity index (χ4v) is 12.4. The van der Waals surface area contributed by atoms with Gasteiger partial charge in [0.05, 0.1) is 54.0 Å². The molecule has 0 spiro atoms. The third kappa shape index (κ3) is 21.6. The number of hydrogen-bond acceptors (Lipinski definition) is 13. The number of nitrogens with zero attached hydrogens (tertiary/aromatic N) is 12. The first-order valence-electron chi connectivity index (χ1n) is 35.1. The molecule has 6 aliphatic heterocycles. The molecule has 6 aliphatic rings. The number of likely N-dealkylation sites (tertiary alicyclic amines) is 1. The first-order valence-corrected chi connectivity index (χ1v) is 35.1. The zero-order valence-corrected chi connectivity index (χ0v) is 65.6. The van der Waals surface area contributed by atoms with Crippen molar-refractivity contribution in [2.75, 3.05) is 85.7 Å². The largest absolute Gasteiger partial charge is 0.420 e. The van der Waals surface area contributed by atoms with Crippen LogP contribution in [0.2, 0.25) is 0 Å². The number of aromatic nitrogens is 5. The first kappa shape index (κ1) is 82.1. The summed E-state index contributed by atoms with van der Waals surface area (Å²) in [6, 6.07) is 62.9. The van der Waals surface area contributed by atoms with Crippen molar-refractivity contribution in [1.82, 2.24) is 48.2 Å². The summed E-state index contributed by atoms with van der Waals surface area (Å²) in [5, 5.41) is 5.92. The predicted molar refractivity (Wildman–Crippen MR) is 419 cm³/mol. The van der Waals surface area contributed by atoms with Gasteiger partial charge in [0.15, 0.2) is 7.05 Å². The van der Waals surface area contributed by atoms with Crippen molar-refractivity contribution in [3.8, 4) is 0 Å². The summed E-state index contributed by atoms with van der Waals surface area (Å²) in [7, 11) is 17.6. The molecule has 24 heteroatoms. The number of aryl methyl sites for hydroxylation is 3. The zero-order chi connectivity index (χ0) is 76.8.